The fourth-order valence-electron chi connectivity index (χ4n) is 2.31. The van der Waals surface area contributed by atoms with Gasteiger partial charge in [-0.25, -0.2) is 4.79 Å². The first kappa shape index (κ1) is 16.9. The predicted molar refractivity (Wildman–Crippen MR) is 90.4 cm³/mol. The molecule has 2 rings (SSSR count). The van der Waals surface area contributed by atoms with E-state index in [0.717, 1.165) is 12.8 Å². The first-order valence-corrected chi connectivity index (χ1v) is 7.73. The number of allylic oxidation sites excluding steroid dienone is 2. The number of carbonyl (C=O) groups is 1. The molecule has 0 spiro atoms. The molecule has 0 atom stereocenters. The average molecular weight is 317 g/mol. The van der Waals surface area contributed by atoms with Crippen LogP contribution in [0.25, 0.3) is 0 Å². The zero-order valence-electron chi connectivity index (χ0n) is 13.6. The van der Waals surface area contributed by atoms with Crippen molar-refractivity contribution in [1.29, 1.82) is 0 Å². The lowest BCUT2D eigenvalue weighted by atomic mass is 10.1. The molecular weight excluding hydrogens is 294 g/mol. The molecule has 5 heteroatoms. The molecule has 5 nitrogen and oxygen atoms in total. The van der Waals surface area contributed by atoms with Crippen LogP contribution in [0.3, 0.4) is 0 Å². The van der Waals surface area contributed by atoms with Gasteiger partial charge in [-0.3, -0.25) is 0 Å². The van der Waals surface area contributed by atoms with E-state index in [9.17, 15) is 4.79 Å². The minimum Gasteiger partial charge on any atom is -0.497 e. The van der Waals surface area contributed by atoms with E-state index >= 15 is 0 Å². The molecular formula is C18H23NO4. The Morgan fingerprint density at radius 2 is 1.74 bits per heavy atom. The maximum Gasteiger partial charge on any atom is 0.344 e. The third-order valence-electron chi connectivity index (χ3n) is 3.50. The third kappa shape index (κ3) is 4.77. The molecule has 1 aliphatic heterocycles. The topological polar surface area (TPSA) is 56.8 Å². The van der Waals surface area contributed by atoms with Gasteiger partial charge in [0.2, 0.25) is 0 Å². The Hall–Kier alpha value is -2.43. The second-order valence-electron chi connectivity index (χ2n) is 5.08. The highest BCUT2D eigenvalue weighted by Gasteiger charge is 2.20. The molecule has 23 heavy (non-hydrogen) atoms. The molecule has 1 aliphatic rings. The van der Waals surface area contributed by atoms with Gasteiger partial charge in [0.1, 0.15) is 17.1 Å². The summed E-state index contributed by atoms with van der Waals surface area (Å²) in [7, 11) is 3.10. The first-order chi connectivity index (χ1) is 11.3. The summed E-state index contributed by atoms with van der Waals surface area (Å²) in [6.45, 7) is 0.958. The van der Waals surface area contributed by atoms with Crippen molar-refractivity contribution >= 4 is 11.7 Å². The molecule has 124 valence electrons. The summed E-state index contributed by atoms with van der Waals surface area (Å²) >= 11 is 0. The van der Waals surface area contributed by atoms with E-state index < -0.39 is 5.97 Å². The first-order valence-electron chi connectivity index (χ1n) is 7.73. The Morgan fingerprint density at radius 1 is 1.00 bits per heavy atom. The zero-order chi connectivity index (χ0) is 16.5. The van der Waals surface area contributed by atoms with Crippen LogP contribution in [-0.2, 0) is 4.74 Å². The molecule has 0 amide bonds. The molecule has 0 saturated heterocycles. The fourth-order valence-corrected chi connectivity index (χ4v) is 2.31. The molecule has 0 aromatic heterocycles. The van der Waals surface area contributed by atoms with Crippen LogP contribution in [-0.4, -0.2) is 33.3 Å². The monoisotopic (exact) mass is 317 g/mol. The molecule has 1 heterocycles. The number of carbonyl (C=O) groups excluding carboxylic acids is 1. The van der Waals surface area contributed by atoms with Crippen molar-refractivity contribution in [1.82, 2.24) is 0 Å². The highest BCUT2D eigenvalue weighted by Crippen LogP contribution is 2.33. The second kappa shape index (κ2) is 8.88. The Kier molecular flexibility index (Phi) is 6.54. The van der Waals surface area contributed by atoms with Crippen LogP contribution in [0, 0.1) is 0 Å². The van der Waals surface area contributed by atoms with E-state index in [1.807, 2.05) is 12.2 Å². The number of hydrogen-bond donors (Lipinski definition) is 1. The van der Waals surface area contributed by atoms with E-state index in [1.54, 1.807) is 19.2 Å². The van der Waals surface area contributed by atoms with Crippen molar-refractivity contribution < 1.29 is 19.0 Å². The molecule has 0 aliphatic carbocycles. The van der Waals surface area contributed by atoms with Crippen molar-refractivity contribution in [2.75, 3.05) is 32.7 Å². The van der Waals surface area contributed by atoms with Gasteiger partial charge in [-0.1, -0.05) is 24.3 Å². The van der Waals surface area contributed by atoms with Gasteiger partial charge in [0.25, 0.3) is 0 Å². The number of hydrogen-bond acceptors (Lipinski definition) is 5. The van der Waals surface area contributed by atoms with Gasteiger partial charge in [0.05, 0.1) is 26.5 Å². The van der Waals surface area contributed by atoms with Crippen LogP contribution in [0.15, 0.2) is 36.4 Å². The lowest BCUT2D eigenvalue weighted by Crippen LogP contribution is -2.13. The summed E-state index contributed by atoms with van der Waals surface area (Å²) in [5.41, 5.74) is 1.03. The van der Waals surface area contributed by atoms with Crippen molar-refractivity contribution in [3.8, 4) is 11.5 Å². The van der Waals surface area contributed by atoms with Gasteiger partial charge in [0, 0.05) is 18.7 Å². The van der Waals surface area contributed by atoms with E-state index in [2.05, 4.69) is 17.5 Å². The smallest absolute Gasteiger partial charge is 0.344 e. The lowest BCUT2D eigenvalue weighted by molar-refractivity contribution is 0.0509. The van der Waals surface area contributed by atoms with Crippen LogP contribution in [0.5, 0.6) is 11.5 Å². The predicted octanol–water partition coefficient (Wildman–Crippen LogP) is 3.57. The second-order valence-corrected chi connectivity index (χ2v) is 5.08. The van der Waals surface area contributed by atoms with E-state index in [-0.39, 0.29) is 0 Å². The fraction of sp³-hybridized carbons (Fsp3) is 0.389. The number of cyclic esters (lactones) is 1. The highest BCUT2D eigenvalue weighted by atomic mass is 16.5. The van der Waals surface area contributed by atoms with Gasteiger partial charge in [-0.2, -0.15) is 0 Å². The lowest BCUT2D eigenvalue weighted by Gasteiger charge is -2.16. The number of ether oxygens (including phenoxy) is 3. The SMILES string of the molecule is COc1cc2c(c(OC)c1)C(=O)OCC/C=C\CC/C=C\CN2. The third-order valence-corrected chi connectivity index (χ3v) is 3.50. The van der Waals surface area contributed by atoms with Crippen LogP contribution in [0.1, 0.15) is 29.6 Å². The van der Waals surface area contributed by atoms with Crippen LogP contribution in [0.2, 0.25) is 0 Å². The van der Waals surface area contributed by atoms with E-state index in [1.165, 1.54) is 7.11 Å². The maximum atomic E-state index is 12.4. The average Bonchev–Trinajstić information content (AvgIpc) is 2.57. The summed E-state index contributed by atoms with van der Waals surface area (Å²) in [5, 5.41) is 3.23. The van der Waals surface area contributed by atoms with Gasteiger partial charge in [-0.15, -0.1) is 0 Å². The zero-order valence-corrected chi connectivity index (χ0v) is 13.6. The minimum atomic E-state index is -0.401. The van der Waals surface area contributed by atoms with Crippen molar-refractivity contribution in [2.45, 2.75) is 19.3 Å². The van der Waals surface area contributed by atoms with E-state index in [4.69, 9.17) is 14.2 Å². The molecule has 0 bridgehead atoms. The van der Waals surface area contributed by atoms with Crippen molar-refractivity contribution in [2.24, 2.45) is 0 Å². The number of nitrogens with one attached hydrogen (secondary N) is 1. The van der Waals surface area contributed by atoms with Crippen LogP contribution < -0.4 is 14.8 Å². The number of esters is 1. The summed E-state index contributed by atoms with van der Waals surface area (Å²) in [5.74, 6) is 0.652. The van der Waals surface area contributed by atoms with Crippen molar-refractivity contribution in [3.05, 3.63) is 42.0 Å². The van der Waals surface area contributed by atoms with Gasteiger partial charge in [-0.05, 0) is 19.3 Å². The molecule has 1 aromatic carbocycles. The molecule has 1 N–H and O–H groups in total. The molecule has 0 unspecified atom stereocenters. The van der Waals surface area contributed by atoms with Gasteiger partial charge >= 0.3 is 5.97 Å². The largest absolute Gasteiger partial charge is 0.497 e. The van der Waals surface area contributed by atoms with Gasteiger partial charge in [0.15, 0.2) is 0 Å². The Bertz CT molecular complexity index is 593. The molecule has 0 radical (unpaired) electrons. The standard InChI is InChI=1S/C18H23NO4/c1-21-14-12-15-17(16(13-14)22-2)18(20)23-11-9-7-5-3-4-6-8-10-19-15/h5-8,12-13,19H,3-4,9-11H2,1-2H3/b7-5-,8-6-. The van der Waals surface area contributed by atoms with E-state index in [0.29, 0.717) is 42.3 Å². The Labute approximate surface area is 136 Å². The number of fused-ring (bicyclic) bond motifs is 1. The molecule has 1 aromatic rings. The normalized spacial score (nSPS) is 18.6. The summed E-state index contributed by atoms with van der Waals surface area (Å²) < 4.78 is 16.0. The van der Waals surface area contributed by atoms with Crippen LogP contribution >= 0.6 is 0 Å². The number of methoxy groups -OCH3 is 2. The highest BCUT2D eigenvalue weighted by molar-refractivity contribution is 5.99. The Morgan fingerprint density at radius 3 is 2.48 bits per heavy atom. The van der Waals surface area contributed by atoms with Crippen LogP contribution in [0.4, 0.5) is 5.69 Å². The maximum absolute atomic E-state index is 12.4. The summed E-state index contributed by atoms with van der Waals surface area (Å²) in [6, 6.07) is 3.46. The van der Waals surface area contributed by atoms with Gasteiger partial charge < -0.3 is 19.5 Å². The number of benzene rings is 1. The number of anilines is 1. The Balaban J connectivity index is 2.34. The molecule has 0 saturated carbocycles. The summed E-state index contributed by atoms with van der Waals surface area (Å²) in [4.78, 5) is 12.4. The number of rotatable bonds is 2. The molecule has 0 fully saturated rings. The quantitative estimate of drug-likeness (QED) is 0.667. The minimum absolute atomic E-state index is 0.347. The van der Waals surface area contributed by atoms with Crippen molar-refractivity contribution in [3.63, 3.8) is 0 Å². The summed E-state index contributed by atoms with van der Waals surface area (Å²) in [6.07, 6.45) is 11.0.